The molecule has 0 saturated heterocycles. The zero-order valence-electron chi connectivity index (χ0n) is 57.4. The second kappa shape index (κ2) is 33.4. The van der Waals surface area contributed by atoms with E-state index in [9.17, 15) is 33.6 Å². The van der Waals surface area contributed by atoms with Crippen LogP contribution in [0, 0.1) is 20.8 Å². The molecule has 506 valence electrons. The van der Waals surface area contributed by atoms with Gasteiger partial charge >= 0.3 is 0 Å². The first-order valence-electron chi connectivity index (χ1n) is 33.1. The van der Waals surface area contributed by atoms with E-state index in [2.05, 4.69) is 0 Å². The molecular formula is C91H70O12. The predicted molar refractivity (Wildman–Crippen MR) is 401 cm³/mol. The molecule has 0 bridgehead atoms. The highest BCUT2D eigenvalue weighted by Crippen LogP contribution is 2.30. The Bertz CT molecular complexity index is 5110. The van der Waals surface area contributed by atoms with Gasteiger partial charge in [-0.3, -0.25) is 33.6 Å². The van der Waals surface area contributed by atoms with E-state index in [0.29, 0.717) is 95.5 Å². The molecule has 0 aliphatic heterocycles. The zero-order valence-corrected chi connectivity index (χ0v) is 57.4. The van der Waals surface area contributed by atoms with Gasteiger partial charge in [0, 0.05) is 66.8 Å². The van der Waals surface area contributed by atoms with Gasteiger partial charge in [-0.1, -0.05) is 162 Å². The molecule has 0 spiro atoms. The Labute approximate surface area is 598 Å². The number of Topliss-reactive ketones (excluding diaryl/α,β-unsaturated/α-hetero) is 2. The van der Waals surface area contributed by atoms with Crippen molar-refractivity contribution >= 4 is 40.5 Å². The van der Waals surface area contributed by atoms with Crippen molar-refractivity contribution in [3.05, 3.63) is 399 Å². The van der Waals surface area contributed by atoms with E-state index in [1.54, 1.807) is 201 Å². The van der Waals surface area contributed by atoms with Crippen LogP contribution in [0.4, 0.5) is 0 Å². The van der Waals surface area contributed by atoms with E-state index >= 15 is 0 Å². The summed E-state index contributed by atoms with van der Waals surface area (Å²) in [4.78, 5) is 86.8. The Morgan fingerprint density at radius 2 is 0.320 bits per heavy atom. The summed E-state index contributed by atoms with van der Waals surface area (Å²) >= 11 is 0. The van der Waals surface area contributed by atoms with Gasteiger partial charge in [-0.25, -0.2) is 0 Å². The molecule has 0 unspecified atom stereocenters. The predicted octanol–water partition coefficient (Wildman–Crippen LogP) is 21.4. The molecule has 0 amide bonds. The van der Waals surface area contributed by atoms with Crippen LogP contribution in [0.2, 0.25) is 0 Å². The van der Waals surface area contributed by atoms with Crippen LogP contribution in [0.5, 0.6) is 51.7 Å². The Morgan fingerprint density at radius 3 is 0.505 bits per heavy atom. The third-order valence-electron chi connectivity index (χ3n) is 16.7. The fraction of sp³-hybridized carbons (Fsp3) is 0.0659. The van der Waals surface area contributed by atoms with E-state index in [-0.39, 0.29) is 40.5 Å². The molecule has 0 aromatic heterocycles. The van der Waals surface area contributed by atoms with E-state index < -0.39 is 0 Å². The highest BCUT2D eigenvalue weighted by Gasteiger charge is 2.17. The normalized spacial score (nSPS) is 10.5. The van der Waals surface area contributed by atoms with Crippen molar-refractivity contribution in [2.45, 2.75) is 34.6 Å². The molecule has 13 aromatic rings. The van der Waals surface area contributed by atoms with Crippen molar-refractivity contribution in [2.24, 2.45) is 0 Å². The molecule has 0 radical (unpaired) electrons. The molecule has 103 heavy (non-hydrogen) atoms. The number of ether oxygens (including phenoxy) is 5. The SMILES string of the molecule is CC(=O)c1ccc(C(=O)c2ccc(-c3ccc(Oc4ccc(C)cc4)cc3)cc2)cc1.CC(=O)c1ccc(C(=O)c2ccc(Oc3ccc(C(=O)c4ccc(Oc5ccc(C)cc5)cc4)cc3)cc2)cc1.COc1ccc(C(=O)c2ccc(C(=O)c3ccc(Oc4ccc(C)cc4)cc3)cc2)cc1. The van der Waals surface area contributed by atoms with Crippen LogP contribution >= 0.6 is 0 Å². The lowest BCUT2D eigenvalue weighted by Crippen LogP contribution is -2.04. The first-order chi connectivity index (χ1) is 49.9. The minimum Gasteiger partial charge on any atom is -0.497 e. The van der Waals surface area contributed by atoms with Crippen molar-refractivity contribution in [3.63, 3.8) is 0 Å². The quantitative estimate of drug-likeness (QED) is 0.0590. The van der Waals surface area contributed by atoms with Crippen LogP contribution in [-0.2, 0) is 0 Å². The van der Waals surface area contributed by atoms with Crippen molar-refractivity contribution in [3.8, 4) is 62.9 Å². The van der Waals surface area contributed by atoms with E-state index in [1.165, 1.54) is 19.4 Å². The average Bonchev–Trinajstić information content (AvgIpc) is 0.842. The van der Waals surface area contributed by atoms with Crippen LogP contribution in [-0.4, -0.2) is 47.6 Å². The molecule has 0 aliphatic carbocycles. The van der Waals surface area contributed by atoms with E-state index in [4.69, 9.17) is 23.7 Å². The Kier molecular flexibility index (Phi) is 23.0. The summed E-state index contributed by atoms with van der Waals surface area (Å²) in [5, 5.41) is 0. The maximum Gasteiger partial charge on any atom is 0.193 e. The van der Waals surface area contributed by atoms with Gasteiger partial charge in [-0.05, 0) is 216 Å². The summed E-state index contributed by atoms with van der Waals surface area (Å²) in [6, 6.07) is 93.7. The summed E-state index contributed by atoms with van der Waals surface area (Å²) in [5.41, 5.74) is 12.2. The highest BCUT2D eigenvalue weighted by atomic mass is 16.5. The second-order valence-electron chi connectivity index (χ2n) is 24.3. The number of benzene rings is 13. The minimum absolute atomic E-state index is 0.0152. The van der Waals surface area contributed by atoms with Crippen molar-refractivity contribution in [1.82, 2.24) is 0 Å². The van der Waals surface area contributed by atoms with Crippen LogP contribution < -0.4 is 23.7 Å². The number of carbonyl (C=O) groups is 7. The Hall–Kier alpha value is -13.5. The summed E-state index contributed by atoms with van der Waals surface area (Å²) in [5.74, 6) is 5.60. The fourth-order valence-electron chi connectivity index (χ4n) is 10.7. The lowest BCUT2D eigenvalue weighted by molar-refractivity contribution is 0.100. The average molecular weight is 1360 g/mol. The van der Waals surface area contributed by atoms with E-state index in [1.807, 2.05) is 142 Å². The molecule has 0 heterocycles. The molecule has 0 N–H and O–H groups in total. The van der Waals surface area contributed by atoms with Crippen molar-refractivity contribution < 1.29 is 57.2 Å². The van der Waals surface area contributed by atoms with Gasteiger partial charge in [0.2, 0.25) is 0 Å². The number of hydrogen-bond acceptors (Lipinski definition) is 12. The van der Waals surface area contributed by atoms with Gasteiger partial charge in [0.1, 0.15) is 51.7 Å². The third kappa shape index (κ3) is 19.1. The maximum absolute atomic E-state index is 13.0. The molecule has 0 fully saturated rings. The summed E-state index contributed by atoms with van der Waals surface area (Å²) < 4.78 is 28.6. The Morgan fingerprint density at radius 1 is 0.184 bits per heavy atom. The highest BCUT2D eigenvalue weighted by molar-refractivity contribution is 6.13. The molecular weight excluding hydrogens is 1280 g/mol. The lowest BCUT2D eigenvalue weighted by atomic mass is 9.98. The number of hydrogen-bond donors (Lipinski definition) is 0. The van der Waals surface area contributed by atoms with Crippen molar-refractivity contribution in [2.75, 3.05) is 7.11 Å². The topological polar surface area (TPSA) is 166 Å². The van der Waals surface area contributed by atoms with Gasteiger partial charge in [-0.2, -0.15) is 0 Å². The van der Waals surface area contributed by atoms with Gasteiger partial charge in [0.05, 0.1) is 7.11 Å². The number of ketones is 7. The largest absolute Gasteiger partial charge is 0.497 e. The molecule has 13 rings (SSSR count). The molecule has 13 aromatic carbocycles. The van der Waals surface area contributed by atoms with Crippen molar-refractivity contribution in [1.29, 1.82) is 0 Å². The molecule has 0 saturated carbocycles. The molecule has 0 atom stereocenters. The monoisotopic (exact) mass is 1350 g/mol. The summed E-state index contributed by atoms with van der Waals surface area (Å²) in [6.45, 7) is 9.08. The standard InChI is InChI=1S/C35H26O5.C28H22O4.C28H22O3/c1-23-3-15-30(16-4-23)39-31-17-11-28(12-18-31)35(38)29-13-21-33(22-14-29)40-32-19-9-27(10-20-32)34(37)26-7-5-25(6-8-26)24(2)36;1-19-3-13-25(14-4-19)32-26-17-11-23(12-18-26)28(30)21-7-5-20(6-8-21)27(29)22-9-15-24(31-2)16-10-22;1-19-3-15-26(16-4-19)31-27-17-13-23(14-18-27)22-7-11-25(12-8-22)28(30)24-9-5-21(6-10-24)20(2)29/h3-22H,1-2H3;3-18H,1-2H3;3-18H,1-2H3. The molecule has 12 heteroatoms. The second-order valence-corrected chi connectivity index (χ2v) is 24.3. The third-order valence-corrected chi connectivity index (χ3v) is 16.7. The number of carbonyl (C=O) groups excluding carboxylic acids is 7. The van der Waals surface area contributed by atoms with E-state index in [0.717, 1.165) is 45.3 Å². The van der Waals surface area contributed by atoms with Gasteiger partial charge in [0.15, 0.2) is 40.5 Å². The van der Waals surface area contributed by atoms with Crippen LogP contribution in [0.1, 0.15) is 131 Å². The van der Waals surface area contributed by atoms with Gasteiger partial charge in [-0.15, -0.1) is 0 Å². The number of methoxy groups -OCH3 is 1. The smallest absolute Gasteiger partial charge is 0.193 e. The van der Waals surface area contributed by atoms with Gasteiger partial charge < -0.3 is 23.7 Å². The first-order valence-corrected chi connectivity index (χ1v) is 33.1. The van der Waals surface area contributed by atoms with Gasteiger partial charge in [0.25, 0.3) is 0 Å². The summed E-state index contributed by atoms with van der Waals surface area (Å²) in [6.07, 6.45) is 0. The maximum atomic E-state index is 13.0. The fourth-order valence-corrected chi connectivity index (χ4v) is 10.7. The Balaban J connectivity index is 0.000000157. The molecule has 0 aliphatic rings. The first kappa shape index (κ1) is 70.9. The van der Waals surface area contributed by atoms with Crippen LogP contribution in [0.25, 0.3) is 11.1 Å². The number of aryl methyl sites for hydroxylation is 3. The van der Waals surface area contributed by atoms with Crippen LogP contribution in [0.15, 0.2) is 315 Å². The number of rotatable bonds is 22. The van der Waals surface area contributed by atoms with Crippen LogP contribution in [0.3, 0.4) is 0 Å². The zero-order chi connectivity index (χ0) is 72.4. The summed E-state index contributed by atoms with van der Waals surface area (Å²) in [7, 11) is 1.58. The lowest BCUT2D eigenvalue weighted by Gasteiger charge is -2.09. The molecule has 12 nitrogen and oxygen atoms in total. The minimum atomic E-state index is -0.140.